The van der Waals surface area contributed by atoms with E-state index in [2.05, 4.69) is 40.3 Å². The number of nitrogens with one attached hydrogen (secondary N) is 2. The van der Waals surface area contributed by atoms with Crippen molar-refractivity contribution in [1.82, 2.24) is 19.7 Å². The van der Waals surface area contributed by atoms with Crippen molar-refractivity contribution in [2.45, 2.75) is 33.9 Å². The summed E-state index contributed by atoms with van der Waals surface area (Å²) in [6.45, 7) is 9.26. The summed E-state index contributed by atoms with van der Waals surface area (Å²) in [6.07, 6.45) is 0. The van der Waals surface area contributed by atoms with Crippen LogP contribution in [0.5, 0.6) is 0 Å². The molecule has 0 aliphatic heterocycles. The Kier molecular flexibility index (Phi) is 6.95. The van der Waals surface area contributed by atoms with E-state index in [1.807, 2.05) is 49.4 Å². The molecule has 6 nitrogen and oxygen atoms in total. The topological polar surface area (TPSA) is 66.0 Å². The molecule has 0 spiro atoms. The van der Waals surface area contributed by atoms with Crippen LogP contribution in [-0.2, 0) is 17.9 Å². The van der Waals surface area contributed by atoms with Gasteiger partial charge in [0.25, 0.3) is 0 Å². The summed E-state index contributed by atoms with van der Waals surface area (Å²) in [5.74, 6) is 0.514. The predicted octanol–water partition coefficient (Wildman–Crippen LogP) is 4.40. The molecule has 0 unspecified atom stereocenters. The highest BCUT2D eigenvalue weighted by molar-refractivity contribution is 7.71. The van der Waals surface area contributed by atoms with Crippen molar-refractivity contribution < 1.29 is 4.79 Å². The first-order chi connectivity index (χ1) is 14.0. The number of aromatic nitrogens is 3. The molecular weight excluding hydrogens is 382 g/mol. The van der Waals surface area contributed by atoms with Crippen molar-refractivity contribution in [3.05, 3.63) is 64.4 Å². The first kappa shape index (κ1) is 21.0. The van der Waals surface area contributed by atoms with Crippen molar-refractivity contribution >= 4 is 23.8 Å². The van der Waals surface area contributed by atoms with Gasteiger partial charge in [-0.05, 0) is 56.0 Å². The van der Waals surface area contributed by atoms with Gasteiger partial charge in [-0.25, -0.2) is 0 Å². The Hall–Kier alpha value is -2.77. The monoisotopic (exact) mass is 409 g/mol. The van der Waals surface area contributed by atoms with Crippen LogP contribution >= 0.6 is 12.2 Å². The molecular formula is C22H27N5OS. The lowest BCUT2D eigenvalue weighted by Gasteiger charge is -2.18. The van der Waals surface area contributed by atoms with Crippen LogP contribution in [0.15, 0.2) is 48.5 Å². The number of aromatic amines is 1. The molecule has 1 heterocycles. The second-order valence-electron chi connectivity index (χ2n) is 7.02. The summed E-state index contributed by atoms with van der Waals surface area (Å²) < 4.78 is 2.14. The first-order valence-electron chi connectivity index (χ1n) is 9.83. The lowest BCUT2D eigenvalue weighted by Crippen LogP contribution is -2.22. The lowest BCUT2D eigenvalue weighted by atomic mass is 10.1. The molecule has 7 heteroatoms. The van der Waals surface area contributed by atoms with E-state index in [1.54, 1.807) is 4.57 Å². The van der Waals surface area contributed by atoms with Crippen molar-refractivity contribution in [1.29, 1.82) is 0 Å². The van der Waals surface area contributed by atoms with Crippen molar-refractivity contribution in [2.24, 2.45) is 0 Å². The molecule has 0 radical (unpaired) electrons. The fourth-order valence-electron chi connectivity index (χ4n) is 3.27. The lowest BCUT2D eigenvalue weighted by molar-refractivity contribution is -0.116. The molecule has 0 saturated carbocycles. The van der Waals surface area contributed by atoms with Gasteiger partial charge in [0.15, 0.2) is 10.6 Å². The minimum atomic E-state index is -0.142. The fourth-order valence-corrected chi connectivity index (χ4v) is 3.46. The molecule has 0 bridgehead atoms. The fraction of sp³-hybridized carbons (Fsp3) is 0.318. The highest BCUT2D eigenvalue weighted by Gasteiger charge is 2.13. The number of hydrogen-bond acceptors (Lipinski definition) is 4. The van der Waals surface area contributed by atoms with E-state index in [0.29, 0.717) is 10.6 Å². The third-order valence-corrected chi connectivity index (χ3v) is 5.16. The van der Waals surface area contributed by atoms with Gasteiger partial charge in [-0.15, -0.1) is 0 Å². The zero-order chi connectivity index (χ0) is 20.8. The standard InChI is InChI=1S/C22H27N5OS/c1-4-26(5-2)14-17-9-7-11-19(13-17)23-20(28)15-27-21(24-25-22(27)29)18-10-6-8-16(3)12-18/h6-13H,4-5,14-15H2,1-3H3,(H,23,28)(H,25,29). The van der Waals surface area contributed by atoms with Crippen LogP contribution in [0.3, 0.4) is 0 Å². The Balaban J connectivity index is 1.74. The Bertz CT molecular complexity index is 1040. The Labute approximate surface area is 176 Å². The van der Waals surface area contributed by atoms with Crippen molar-refractivity contribution in [2.75, 3.05) is 18.4 Å². The van der Waals surface area contributed by atoms with Crippen LogP contribution < -0.4 is 5.32 Å². The molecule has 0 fully saturated rings. The number of benzene rings is 2. The van der Waals surface area contributed by atoms with E-state index in [4.69, 9.17) is 12.2 Å². The highest BCUT2D eigenvalue weighted by Crippen LogP contribution is 2.19. The number of carbonyl (C=O) groups excluding carboxylic acids is 1. The molecule has 1 amide bonds. The van der Waals surface area contributed by atoms with Crippen LogP contribution in [0.1, 0.15) is 25.0 Å². The summed E-state index contributed by atoms with van der Waals surface area (Å²) in [5.41, 5.74) is 4.00. The maximum atomic E-state index is 12.7. The number of carbonyl (C=O) groups is 1. The minimum absolute atomic E-state index is 0.0961. The molecule has 3 rings (SSSR count). The third kappa shape index (κ3) is 5.40. The second-order valence-corrected chi connectivity index (χ2v) is 7.40. The molecule has 3 aromatic rings. The summed E-state index contributed by atoms with van der Waals surface area (Å²) in [7, 11) is 0. The van der Waals surface area contributed by atoms with Gasteiger partial charge in [-0.2, -0.15) is 5.10 Å². The van der Waals surface area contributed by atoms with Gasteiger partial charge in [-0.1, -0.05) is 49.7 Å². The number of nitrogens with zero attached hydrogens (tertiary/aromatic N) is 3. The van der Waals surface area contributed by atoms with E-state index in [-0.39, 0.29) is 12.5 Å². The maximum Gasteiger partial charge on any atom is 0.244 e. The number of anilines is 1. The SMILES string of the molecule is CCN(CC)Cc1cccc(NC(=O)Cn2c(-c3cccc(C)c3)n[nH]c2=S)c1. The van der Waals surface area contributed by atoms with E-state index in [1.165, 1.54) is 5.56 Å². The molecule has 29 heavy (non-hydrogen) atoms. The predicted molar refractivity (Wildman–Crippen MR) is 119 cm³/mol. The van der Waals surface area contributed by atoms with Crippen molar-refractivity contribution in [3.8, 4) is 11.4 Å². The van der Waals surface area contributed by atoms with Gasteiger partial charge in [0.05, 0.1) is 0 Å². The highest BCUT2D eigenvalue weighted by atomic mass is 32.1. The van der Waals surface area contributed by atoms with Crippen molar-refractivity contribution in [3.63, 3.8) is 0 Å². The van der Waals surface area contributed by atoms with Crippen LogP contribution in [0.4, 0.5) is 5.69 Å². The normalized spacial score (nSPS) is 11.0. The average molecular weight is 410 g/mol. The van der Waals surface area contributed by atoms with Crippen LogP contribution in [-0.4, -0.2) is 38.7 Å². The van der Waals surface area contributed by atoms with E-state index >= 15 is 0 Å². The summed E-state index contributed by atoms with van der Waals surface area (Å²) in [5, 5.41) is 10.1. The number of rotatable bonds is 8. The third-order valence-electron chi connectivity index (χ3n) is 4.85. The van der Waals surface area contributed by atoms with Crippen LogP contribution in [0, 0.1) is 11.7 Å². The quantitative estimate of drug-likeness (QED) is 0.541. The second kappa shape index (κ2) is 9.62. The number of amides is 1. The molecule has 2 N–H and O–H groups in total. The van der Waals surface area contributed by atoms with Gasteiger partial charge in [0, 0.05) is 17.8 Å². The Morgan fingerprint density at radius 2 is 1.93 bits per heavy atom. The molecule has 0 aliphatic rings. The number of hydrogen-bond donors (Lipinski definition) is 2. The summed E-state index contributed by atoms with van der Waals surface area (Å²) in [6, 6.07) is 15.9. The molecule has 2 aromatic carbocycles. The Morgan fingerprint density at radius 1 is 1.17 bits per heavy atom. The summed E-state index contributed by atoms with van der Waals surface area (Å²) in [4.78, 5) is 15.0. The average Bonchev–Trinajstić information content (AvgIpc) is 3.06. The molecule has 1 aromatic heterocycles. The van der Waals surface area contributed by atoms with E-state index in [9.17, 15) is 4.79 Å². The zero-order valence-electron chi connectivity index (χ0n) is 17.1. The molecule has 0 atom stereocenters. The van der Waals surface area contributed by atoms with E-state index in [0.717, 1.165) is 36.4 Å². The number of H-pyrrole nitrogens is 1. The minimum Gasteiger partial charge on any atom is -0.325 e. The molecule has 0 aliphatic carbocycles. The molecule has 152 valence electrons. The van der Waals surface area contributed by atoms with Gasteiger partial charge >= 0.3 is 0 Å². The van der Waals surface area contributed by atoms with E-state index < -0.39 is 0 Å². The Morgan fingerprint density at radius 3 is 2.66 bits per heavy atom. The van der Waals surface area contributed by atoms with Gasteiger partial charge in [-0.3, -0.25) is 19.4 Å². The zero-order valence-corrected chi connectivity index (χ0v) is 17.9. The largest absolute Gasteiger partial charge is 0.325 e. The van der Waals surface area contributed by atoms with Gasteiger partial charge in [0.1, 0.15) is 6.54 Å². The number of aryl methyl sites for hydroxylation is 1. The first-order valence-corrected chi connectivity index (χ1v) is 10.2. The van der Waals surface area contributed by atoms with Crippen LogP contribution in [0.2, 0.25) is 0 Å². The van der Waals surface area contributed by atoms with Gasteiger partial charge in [0.2, 0.25) is 5.91 Å². The van der Waals surface area contributed by atoms with Gasteiger partial charge < -0.3 is 5.32 Å². The smallest absolute Gasteiger partial charge is 0.244 e. The summed E-state index contributed by atoms with van der Waals surface area (Å²) >= 11 is 5.34. The molecule has 0 saturated heterocycles. The maximum absolute atomic E-state index is 12.7. The van der Waals surface area contributed by atoms with Crippen LogP contribution in [0.25, 0.3) is 11.4 Å².